The van der Waals surface area contributed by atoms with Crippen molar-refractivity contribution in [2.45, 2.75) is 19.8 Å². The maximum atomic E-state index is 12.3. The number of aromatic nitrogens is 4. The quantitative estimate of drug-likeness (QED) is 0.736. The average Bonchev–Trinajstić information content (AvgIpc) is 3.11. The molecule has 0 saturated heterocycles. The van der Waals surface area contributed by atoms with Crippen LogP contribution in [0.15, 0.2) is 24.5 Å². The Kier molecular flexibility index (Phi) is 5.83. The van der Waals surface area contributed by atoms with Crippen LogP contribution in [0.4, 0.5) is 0 Å². The topological polar surface area (TPSA) is 119 Å². The summed E-state index contributed by atoms with van der Waals surface area (Å²) >= 11 is 0. The molecule has 0 fully saturated rings. The SMILES string of the molecule is CCCC(CNC(=O)c1ccc(OC)c(-n2cnnn2)c1)C(=O)O. The summed E-state index contributed by atoms with van der Waals surface area (Å²) in [6, 6.07) is 4.81. The van der Waals surface area contributed by atoms with E-state index in [0.29, 0.717) is 23.4 Å². The second-order valence-electron chi connectivity index (χ2n) is 5.17. The molecule has 1 amide bonds. The van der Waals surface area contributed by atoms with E-state index in [1.54, 1.807) is 18.2 Å². The van der Waals surface area contributed by atoms with Gasteiger partial charge in [0.15, 0.2) is 0 Å². The standard InChI is InChI=1S/C15H19N5O4/c1-3-4-11(15(22)23)8-16-14(21)10-5-6-13(24-2)12(7-10)20-9-17-18-19-20/h5-7,9,11H,3-4,8H2,1-2H3,(H,16,21)(H,22,23). The van der Waals surface area contributed by atoms with Gasteiger partial charge in [0, 0.05) is 12.1 Å². The van der Waals surface area contributed by atoms with Crippen molar-refractivity contribution in [3.05, 3.63) is 30.1 Å². The van der Waals surface area contributed by atoms with Crippen molar-refractivity contribution in [2.75, 3.05) is 13.7 Å². The lowest BCUT2D eigenvalue weighted by Gasteiger charge is -2.13. The molecule has 9 heteroatoms. The fourth-order valence-corrected chi connectivity index (χ4v) is 2.26. The Balaban J connectivity index is 2.15. The Bertz CT molecular complexity index is 702. The molecule has 9 nitrogen and oxygen atoms in total. The lowest BCUT2D eigenvalue weighted by molar-refractivity contribution is -0.141. The Morgan fingerprint density at radius 3 is 2.79 bits per heavy atom. The Labute approximate surface area is 138 Å². The third-order valence-corrected chi connectivity index (χ3v) is 3.53. The molecular formula is C15H19N5O4. The first kappa shape index (κ1) is 17.4. The summed E-state index contributed by atoms with van der Waals surface area (Å²) in [5.41, 5.74) is 0.875. The molecular weight excluding hydrogens is 314 g/mol. The Morgan fingerprint density at radius 1 is 1.42 bits per heavy atom. The number of nitrogens with zero attached hydrogens (tertiary/aromatic N) is 4. The van der Waals surface area contributed by atoms with Crippen LogP contribution >= 0.6 is 0 Å². The van der Waals surface area contributed by atoms with Gasteiger partial charge >= 0.3 is 5.97 Å². The van der Waals surface area contributed by atoms with Crippen molar-refractivity contribution in [3.63, 3.8) is 0 Å². The summed E-state index contributed by atoms with van der Waals surface area (Å²) < 4.78 is 6.62. The molecule has 24 heavy (non-hydrogen) atoms. The molecule has 2 aromatic rings. The van der Waals surface area contributed by atoms with E-state index in [1.165, 1.54) is 18.1 Å². The van der Waals surface area contributed by atoms with Gasteiger partial charge in [-0.2, -0.15) is 4.68 Å². The third-order valence-electron chi connectivity index (χ3n) is 3.53. The van der Waals surface area contributed by atoms with Crippen molar-refractivity contribution in [1.82, 2.24) is 25.5 Å². The third kappa shape index (κ3) is 4.06. The Hall–Kier alpha value is -2.97. The summed E-state index contributed by atoms with van der Waals surface area (Å²) in [5, 5.41) is 22.7. The van der Waals surface area contributed by atoms with E-state index in [9.17, 15) is 9.59 Å². The maximum absolute atomic E-state index is 12.3. The zero-order valence-corrected chi connectivity index (χ0v) is 13.5. The van der Waals surface area contributed by atoms with Crippen LogP contribution in [0.1, 0.15) is 30.1 Å². The number of aliphatic carboxylic acids is 1. The number of ether oxygens (including phenoxy) is 1. The maximum Gasteiger partial charge on any atom is 0.308 e. The molecule has 1 aromatic heterocycles. The van der Waals surface area contributed by atoms with Gasteiger partial charge in [0.1, 0.15) is 17.8 Å². The highest BCUT2D eigenvalue weighted by molar-refractivity contribution is 5.95. The van der Waals surface area contributed by atoms with Crippen LogP contribution in [0.5, 0.6) is 5.75 Å². The Morgan fingerprint density at radius 2 is 2.21 bits per heavy atom. The number of amides is 1. The molecule has 2 N–H and O–H groups in total. The van der Waals surface area contributed by atoms with Crippen LogP contribution in [0.2, 0.25) is 0 Å². The lowest BCUT2D eigenvalue weighted by Crippen LogP contribution is -2.33. The van der Waals surface area contributed by atoms with Gasteiger partial charge in [-0.3, -0.25) is 9.59 Å². The van der Waals surface area contributed by atoms with Gasteiger partial charge in [0.25, 0.3) is 5.91 Å². The van der Waals surface area contributed by atoms with Gasteiger partial charge in [-0.1, -0.05) is 13.3 Å². The monoisotopic (exact) mass is 333 g/mol. The highest BCUT2D eigenvalue weighted by Gasteiger charge is 2.18. The smallest absolute Gasteiger partial charge is 0.308 e. The number of methoxy groups -OCH3 is 1. The number of tetrazole rings is 1. The van der Waals surface area contributed by atoms with E-state index < -0.39 is 11.9 Å². The molecule has 1 heterocycles. The summed E-state index contributed by atoms with van der Waals surface area (Å²) in [6.07, 6.45) is 2.63. The van der Waals surface area contributed by atoms with Crippen LogP contribution in [0.25, 0.3) is 5.69 Å². The number of carbonyl (C=O) groups excluding carboxylic acids is 1. The van der Waals surface area contributed by atoms with Crippen molar-refractivity contribution < 1.29 is 19.4 Å². The van der Waals surface area contributed by atoms with Gasteiger partial charge in [0.05, 0.1) is 13.0 Å². The number of carbonyl (C=O) groups is 2. The van der Waals surface area contributed by atoms with Gasteiger partial charge in [-0.25, -0.2) is 0 Å². The van der Waals surface area contributed by atoms with Crippen molar-refractivity contribution in [1.29, 1.82) is 0 Å². The molecule has 0 bridgehead atoms. The van der Waals surface area contributed by atoms with Gasteiger partial charge < -0.3 is 15.2 Å². The minimum absolute atomic E-state index is 0.0776. The number of carboxylic acid groups (broad SMARTS) is 1. The highest BCUT2D eigenvalue weighted by atomic mass is 16.5. The number of nitrogens with one attached hydrogen (secondary N) is 1. The minimum atomic E-state index is -0.916. The van der Waals surface area contributed by atoms with Gasteiger partial charge in [0.2, 0.25) is 0 Å². The predicted molar refractivity (Wildman–Crippen MR) is 84.1 cm³/mol. The highest BCUT2D eigenvalue weighted by Crippen LogP contribution is 2.23. The zero-order valence-electron chi connectivity index (χ0n) is 13.5. The van der Waals surface area contributed by atoms with E-state index in [1.807, 2.05) is 6.92 Å². The zero-order chi connectivity index (χ0) is 17.5. The van der Waals surface area contributed by atoms with Crippen molar-refractivity contribution in [3.8, 4) is 11.4 Å². The first-order chi connectivity index (χ1) is 11.6. The molecule has 1 atom stereocenters. The van der Waals surface area contributed by atoms with Crippen LogP contribution in [0, 0.1) is 5.92 Å². The fraction of sp³-hybridized carbons (Fsp3) is 0.400. The second kappa shape index (κ2) is 8.04. The molecule has 0 spiro atoms. The second-order valence-corrected chi connectivity index (χ2v) is 5.17. The van der Waals surface area contributed by atoms with Crippen LogP contribution in [0.3, 0.4) is 0 Å². The summed E-state index contributed by atoms with van der Waals surface area (Å²) in [7, 11) is 1.51. The average molecular weight is 333 g/mol. The minimum Gasteiger partial charge on any atom is -0.494 e. The largest absolute Gasteiger partial charge is 0.494 e. The van der Waals surface area contributed by atoms with E-state index in [0.717, 1.165) is 6.42 Å². The molecule has 128 valence electrons. The summed E-state index contributed by atoms with van der Waals surface area (Å²) in [4.78, 5) is 23.4. The molecule has 1 aromatic carbocycles. The normalized spacial score (nSPS) is 11.8. The molecule has 0 aliphatic heterocycles. The number of rotatable bonds is 8. The van der Waals surface area contributed by atoms with Crippen LogP contribution in [-0.2, 0) is 4.79 Å². The van der Waals surface area contributed by atoms with E-state index >= 15 is 0 Å². The molecule has 0 radical (unpaired) electrons. The first-order valence-corrected chi connectivity index (χ1v) is 7.49. The number of carboxylic acids is 1. The van der Waals surface area contributed by atoms with Crippen LogP contribution < -0.4 is 10.1 Å². The number of hydrogen-bond acceptors (Lipinski definition) is 6. The summed E-state index contributed by atoms with van der Waals surface area (Å²) in [5.74, 6) is -1.37. The van der Waals surface area contributed by atoms with E-state index in [2.05, 4.69) is 20.8 Å². The fourth-order valence-electron chi connectivity index (χ4n) is 2.26. The van der Waals surface area contributed by atoms with Crippen molar-refractivity contribution in [2.24, 2.45) is 5.92 Å². The molecule has 0 saturated carbocycles. The lowest BCUT2D eigenvalue weighted by atomic mass is 10.0. The molecule has 1 unspecified atom stereocenters. The molecule has 0 aliphatic carbocycles. The van der Waals surface area contributed by atoms with Gasteiger partial charge in [-0.15, -0.1) is 5.10 Å². The predicted octanol–water partition coefficient (Wildman–Crippen LogP) is 0.902. The summed E-state index contributed by atoms with van der Waals surface area (Å²) in [6.45, 7) is 1.98. The molecule has 0 aliphatic rings. The van der Waals surface area contributed by atoms with Crippen LogP contribution in [-0.4, -0.2) is 50.8 Å². The number of hydrogen-bond donors (Lipinski definition) is 2. The molecule has 2 rings (SSSR count). The van der Waals surface area contributed by atoms with Crippen molar-refractivity contribution >= 4 is 11.9 Å². The first-order valence-electron chi connectivity index (χ1n) is 7.49. The van der Waals surface area contributed by atoms with E-state index in [-0.39, 0.29) is 12.5 Å². The van der Waals surface area contributed by atoms with E-state index in [4.69, 9.17) is 9.84 Å². The van der Waals surface area contributed by atoms with Gasteiger partial charge in [-0.05, 0) is 35.0 Å². The number of benzene rings is 1.